The smallest absolute Gasteiger partial charge is 0.388 e. The van der Waals surface area contributed by atoms with E-state index in [2.05, 4.69) is 0 Å². The fourth-order valence-electron chi connectivity index (χ4n) is 2.80. The maximum Gasteiger partial charge on any atom is 0.389 e. The number of benzene rings is 1. The number of piperidine rings is 1. The summed E-state index contributed by atoms with van der Waals surface area (Å²) < 4.78 is 36.5. The van der Waals surface area contributed by atoms with Gasteiger partial charge in [-0.15, -0.1) is 0 Å². The molecule has 0 radical (unpaired) electrons. The Morgan fingerprint density at radius 1 is 1.26 bits per heavy atom. The summed E-state index contributed by atoms with van der Waals surface area (Å²) in [6.07, 6.45) is -5.41. The van der Waals surface area contributed by atoms with Crippen LogP contribution in [0, 0.1) is 5.92 Å². The van der Waals surface area contributed by atoms with Crippen LogP contribution in [0.5, 0.6) is 0 Å². The molecule has 1 fully saturated rings. The number of nitrogens with zero attached hydrogens (tertiary/aromatic N) is 1. The van der Waals surface area contributed by atoms with Gasteiger partial charge in [-0.1, -0.05) is 23.7 Å². The Morgan fingerprint density at radius 3 is 2.35 bits per heavy atom. The van der Waals surface area contributed by atoms with Gasteiger partial charge in [0.2, 0.25) is 5.91 Å². The van der Waals surface area contributed by atoms with Gasteiger partial charge >= 0.3 is 6.18 Å². The third-order valence-corrected chi connectivity index (χ3v) is 4.42. The van der Waals surface area contributed by atoms with E-state index in [9.17, 15) is 23.1 Å². The van der Waals surface area contributed by atoms with E-state index in [-0.39, 0.29) is 5.92 Å². The molecule has 0 bridgehead atoms. The molecule has 1 aromatic carbocycles. The Morgan fingerprint density at radius 2 is 1.83 bits per heavy atom. The number of alkyl halides is 3. The molecule has 2 rings (SSSR count). The van der Waals surface area contributed by atoms with E-state index in [1.54, 1.807) is 24.3 Å². The average molecular weight is 350 g/mol. The zero-order valence-electron chi connectivity index (χ0n) is 12.5. The molecular weight excluding hydrogens is 331 g/mol. The standard InChI is InChI=1S/C16H19ClF3NO2/c17-13-3-1-11(2-4-13)15(23)12-6-9-21(10-7-12)14(22)5-8-16(18,19)20/h1-4,12,15,23H,5-10H2. The Kier molecular flexibility index (Phi) is 5.92. The molecule has 1 unspecified atom stereocenters. The topological polar surface area (TPSA) is 40.5 Å². The first-order valence-electron chi connectivity index (χ1n) is 7.54. The normalized spacial score (nSPS) is 18.0. The van der Waals surface area contributed by atoms with Crippen molar-refractivity contribution in [1.82, 2.24) is 4.90 Å². The monoisotopic (exact) mass is 349 g/mol. The first kappa shape index (κ1) is 18.1. The lowest BCUT2D eigenvalue weighted by Gasteiger charge is -2.34. The minimum absolute atomic E-state index is 0.0113. The minimum atomic E-state index is -4.31. The average Bonchev–Trinajstić information content (AvgIpc) is 2.52. The van der Waals surface area contributed by atoms with Crippen molar-refractivity contribution in [2.75, 3.05) is 13.1 Å². The molecule has 7 heteroatoms. The molecule has 23 heavy (non-hydrogen) atoms. The molecular formula is C16H19ClF3NO2. The lowest BCUT2D eigenvalue weighted by atomic mass is 9.87. The zero-order valence-corrected chi connectivity index (χ0v) is 13.3. The van der Waals surface area contributed by atoms with Crippen LogP contribution < -0.4 is 0 Å². The van der Waals surface area contributed by atoms with Crippen molar-refractivity contribution in [3.63, 3.8) is 0 Å². The second-order valence-electron chi connectivity index (χ2n) is 5.83. The van der Waals surface area contributed by atoms with Gasteiger partial charge < -0.3 is 10.0 Å². The predicted molar refractivity (Wildman–Crippen MR) is 81.0 cm³/mol. The van der Waals surface area contributed by atoms with Gasteiger partial charge in [0.15, 0.2) is 0 Å². The Hall–Kier alpha value is -1.27. The number of hydrogen-bond donors (Lipinski definition) is 1. The van der Waals surface area contributed by atoms with Crippen LogP contribution in [0.4, 0.5) is 13.2 Å². The van der Waals surface area contributed by atoms with Crippen LogP contribution in [0.15, 0.2) is 24.3 Å². The second kappa shape index (κ2) is 7.53. The van der Waals surface area contributed by atoms with Gasteiger partial charge in [-0.3, -0.25) is 4.79 Å². The maximum absolute atomic E-state index is 12.2. The molecule has 0 aromatic heterocycles. The van der Waals surface area contributed by atoms with Crippen molar-refractivity contribution >= 4 is 17.5 Å². The maximum atomic E-state index is 12.2. The van der Waals surface area contributed by atoms with Crippen LogP contribution in [0.1, 0.15) is 37.4 Å². The molecule has 0 spiro atoms. The lowest BCUT2D eigenvalue weighted by Crippen LogP contribution is -2.40. The van der Waals surface area contributed by atoms with Gasteiger partial charge in [-0.2, -0.15) is 13.2 Å². The second-order valence-corrected chi connectivity index (χ2v) is 6.27. The lowest BCUT2D eigenvalue weighted by molar-refractivity contribution is -0.150. The summed E-state index contributed by atoms with van der Waals surface area (Å²) in [5.41, 5.74) is 0.760. The molecule has 1 N–H and O–H groups in total. The molecule has 0 saturated carbocycles. The molecule has 0 aliphatic carbocycles. The molecule has 128 valence electrons. The summed E-state index contributed by atoms with van der Waals surface area (Å²) in [5, 5.41) is 11.0. The SMILES string of the molecule is O=C(CCC(F)(F)F)N1CCC(C(O)c2ccc(Cl)cc2)CC1. The van der Waals surface area contributed by atoms with Crippen molar-refractivity contribution in [1.29, 1.82) is 0 Å². The van der Waals surface area contributed by atoms with Crippen LogP contribution in [0.25, 0.3) is 0 Å². The highest BCUT2D eigenvalue weighted by atomic mass is 35.5. The fourth-order valence-corrected chi connectivity index (χ4v) is 2.93. The molecule has 1 aliphatic heterocycles. The van der Waals surface area contributed by atoms with Crippen LogP contribution in [0.2, 0.25) is 5.02 Å². The summed E-state index contributed by atoms with van der Waals surface area (Å²) in [6.45, 7) is 0.762. The number of hydrogen-bond acceptors (Lipinski definition) is 2. The van der Waals surface area contributed by atoms with Gasteiger partial charge in [0.1, 0.15) is 0 Å². The summed E-state index contributed by atoms with van der Waals surface area (Å²) >= 11 is 5.81. The van der Waals surface area contributed by atoms with Crippen LogP contribution in [-0.4, -0.2) is 35.2 Å². The van der Waals surface area contributed by atoms with E-state index in [4.69, 9.17) is 11.6 Å². The van der Waals surface area contributed by atoms with E-state index >= 15 is 0 Å². The molecule has 1 aliphatic rings. The number of carbonyl (C=O) groups excluding carboxylic acids is 1. The van der Waals surface area contributed by atoms with Gasteiger partial charge in [-0.25, -0.2) is 0 Å². The van der Waals surface area contributed by atoms with Crippen LogP contribution in [-0.2, 0) is 4.79 Å². The Balaban J connectivity index is 1.83. The third-order valence-electron chi connectivity index (χ3n) is 4.17. The van der Waals surface area contributed by atoms with Crippen molar-refractivity contribution in [3.8, 4) is 0 Å². The molecule has 1 aromatic rings. The largest absolute Gasteiger partial charge is 0.389 e. The van der Waals surface area contributed by atoms with E-state index in [0.29, 0.717) is 31.0 Å². The van der Waals surface area contributed by atoms with Gasteiger partial charge in [-0.05, 0) is 36.5 Å². The van der Waals surface area contributed by atoms with Crippen molar-refractivity contribution in [3.05, 3.63) is 34.9 Å². The van der Waals surface area contributed by atoms with Crippen molar-refractivity contribution in [2.45, 2.75) is 38.0 Å². The number of aliphatic hydroxyl groups is 1. The van der Waals surface area contributed by atoms with E-state index in [1.807, 2.05) is 0 Å². The summed E-state index contributed by atoms with van der Waals surface area (Å²) in [6, 6.07) is 6.92. The number of rotatable bonds is 4. The quantitative estimate of drug-likeness (QED) is 0.894. The molecule has 1 heterocycles. The first-order chi connectivity index (χ1) is 10.8. The third kappa shape index (κ3) is 5.39. The van der Waals surface area contributed by atoms with E-state index in [0.717, 1.165) is 5.56 Å². The number of carbonyl (C=O) groups is 1. The predicted octanol–water partition coefficient (Wildman–Crippen LogP) is 3.95. The summed E-state index contributed by atoms with van der Waals surface area (Å²) in [5.74, 6) is -0.482. The highest BCUT2D eigenvalue weighted by molar-refractivity contribution is 6.30. The molecule has 1 amide bonds. The summed E-state index contributed by atoms with van der Waals surface area (Å²) in [4.78, 5) is 13.2. The van der Waals surface area contributed by atoms with Gasteiger partial charge in [0, 0.05) is 24.5 Å². The molecule has 1 atom stereocenters. The van der Waals surface area contributed by atoms with Crippen molar-refractivity contribution in [2.24, 2.45) is 5.92 Å². The highest BCUT2D eigenvalue weighted by Crippen LogP contribution is 2.32. The number of aliphatic hydroxyl groups excluding tert-OH is 1. The van der Waals surface area contributed by atoms with Gasteiger partial charge in [0.05, 0.1) is 12.5 Å². The zero-order chi connectivity index (χ0) is 17.0. The van der Waals surface area contributed by atoms with Crippen LogP contribution in [0.3, 0.4) is 0 Å². The molecule has 1 saturated heterocycles. The Labute approximate surface area is 138 Å². The number of amides is 1. The Bertz CT molecular complexity index is 525. The van der Waals surface area contributed by atoms with E-state index in [1.165, 1.54) is 4.90 Å². The number of likely N-dealkylation sites (tertiary alicyclic amines) is 1. The van der Waals surface area contributed by atoms with E-state index < -0.39 is 31.0 Å². The first-order valence-corrected chi connectivity index (χ1v) is 7.92. The summed E-state index contributed by atoms with van der Waals surface area (Å²) in [7, 11) is 0. The van der Waals surface area contributed by atoms with Gasteiger partial charge in [0.25, 0.3) is 0 Å². The molecule has 3 nitrogen and oxygen atoms in total. The fraction of sp³-hybridized carbons (Fsp3) is 0.562. The highest BCUT2D eigenvalue weighted by Gasteiger charge is 2.31. The number of halogens is 4. The van der Waals surface area contributed by atoms with Crippen LogP contribution >= 0.6 is 11.6 Å². The minimum Gasteiger partial charge on any atom is -0.388 e. The van der Waals surface area contributed by atoms with Crippen molar-refractivity contribution < 1.29 is 23.1 Å².